The molecule has 1 aromatic heterocycles. The Morgan fingerprint density at radius 3 is 2.91 bits per heavy atom. The van der Waals surface area contributed by atoms with E-state index in [1.165, 1.54) is 23.5 Å². The van der Waals surface area contributed by atoms with Gasteiger partial charge in [-0.3, -0.25) is 9.59 Å². The average molecular weight is 337 g/mol. The van der Waals surface area contributed by atoms with Gasteiger partial charge in [-0.25, -0.2) is 4.39 Å². The summed E-state index contributed by atoms with van der Waals surface area (Å²) in [7, 11) is 0. The first kappa shape index (κ1) is 15.9. The Balaban J connectivity index is 1.91. The van der Waals surface area contributed by atoms with Crippen LogP contribution in [0.1, 0.15) is 28.1 Å². The Labute approximate surface area is 136 Å². The number of halogens is 1. The SMILES string of the molecule is Cc1c(C(=O)NC2(CC(=O)O)CCOC2)sc2ccc(F)cc12. The molecule has 1 aliphatic heterocycles. The lowest BCUT2D eigenvalue weighted by Gasteiger charge is -2.26. The van der Waals surface area contributed by atoms with Crippen LogP contribution in [0.2, 0.25) is 0 Å². The number of benzene rings is 1. The molecule has 2 aromatic rings. The minimum Gasteiger partial charge on any atom is -0.481 e. The maximum Gasteiger partial charge on any atom is 0.305 e. The molecule has 1 amide bonds. The summed E-state index contributed by atoms with van der Waals surface area (Å²) in [6.45, 7) is 2.37. The van der Waals surface area contributed by atoms with Crippen molar-refractivity contribution >= 4 is 33.3 Å². The van der Waals surface area contributed by atoms with Gasteiger partial charge in [-0.1, -0.05) is 0 Å². The molecule has 0 radical (unpaired) electrons. The van der Waals surface area contributed by atoms with E-state index in [-0.39, 0.29) is 24.8 Å². The van der Waals surface area contributed by atoms with Crippen LogP contribution in [0, 0.1) is 12.7 Å². The van der Waals surface area contributed by atoms with Gasteiger partial charge in [-0.05, 0) is 42.5 Å². The highest BCUT2D eigenvalue weighted by Gasteiger charge is 2.39. The third-order valence-corrected chi connectivity index (χ3v) is 5.35. The normalized spacial score (nSPS) is 20.8. The van der Waals surface area contributed by atoms with Crippen molar-refractivity contribution in [3.8, 4) is 0 Å². The highest BCUT2D eigenvalue weighted by atomic mass is 32.1. The Morgan fingerprint density at radius 2 is 2.26 bits per heavy atom. The molecule has 5 nitrogen and oxygen atoms in total. The number of aryl methyl sites for hydroxylation is 1. The molecule has 122 valence electrons. The topological polar surface area (TPSA) is 75.6 Å². The number of rotatable bonds is 4. The molecule has 0 aliphatic carbocycles. The van der Waals surface area contributed by atoms with E-state index in [9.17, 15) is 14.0 Å². The number of ether oxygens (including phenoxy) is 1. The second-order valence-electron chi connectivity index (χ2n) is 5.80. The number of nitrogens with one attached hydrogen (secondary N) is 1. The van der Waals surface area contributed by atoms with Gasteiger partial charge in [0.2, 0.25) is 0 Å². The number of carboxylic acid groups (broad SMARTS) is 1. The van der Waals surface area contributed by atoms with Gasteiger partial charge in [0.25, 0.3) is 5.91 Å². The fourth-order valence-electron chi connectivity index (χ4n) is 2.89. The number of fused-ring (bicyclic) bond motifs is 1. The van der Waals surface area contributed by atoms with Crippen LogP contribution >= 0.6 is 11.3 Å². The smallest absolute Gasteiger partial charge is 0.305 e. The van der Waals surface area contributed by atoms with Gasteiger partial charge in [-0.15, -0.1) is 11.3 Å². The van der Waals surface area contributed by atoms with Crippen LogP contribution in [0.4, 0.5) is 4.39 Å². The summed E-state index contributed by atoms with van der Waals surface area (Å²) in [6.07, 6.45) is 0.279. The fourth-order valence-corrected chi connectivity index (χ4v) is 3.97. The molecular weight excluding hydrogens is 321 g/mol. The van der Waals surface area contributed by atoms with Crippen molar-refractivity contribution < 1.29 is 23.8 Å². The molecule has 23 heavy (non-hydrogen) atoms. The summed E-state index contributed by atoms with van der Waals surface area (Å²) < 4.78 is 19.5. The molecule has 7 heteroatoms. The van der Waals surface area contributed by atoms with Gasteiger partial charge >= 0.3 is 5.97 Å². The van der Waals surface area contributed by atoms with E-state index in [1.807, 2.05) is 0 Å². The summed E-state index contributed by atoms with van der Waals surface area (Å²) in [5, 5.41) is 12.6. The van der Waals surface area contributed by atoms with Gasteiger partial charge in [0, 0.05) is 11.3 Å². The largest absolute Gasteiger partial charge is 0.481 e. The van der Waals surface area contributed by atoms with Crippen molar-refractivity contribution in [1.82, 2.24) is 5.32 Å². The van der Waals surface area contributed by atoms with Crippen molar-refractivity contribution in [2.24, 2.45) is 0 Å². The third kappa shape index (κ3) is 3.07. The quantitative estimate of drug-likeness (QED) is 0.899. The summed E-state index contributed by atoms with van der Waals surface area (Å²) in [5.41, 5.74) is -0.178. The van der Waals surface area contributed by atoms with E-state index in [0.29, 0.717) is 28.9 Å². The lowest BCUT2D eigenvalue weighted by atomic mass is 9.94. The highest BCUT2D eigenvalue weighted by Crippen LogP contribution is 2.32. The minimum absolute atomic E-state index is 0.183. The number of hydrogen-bond donors (Lipinski definition) is 2. The first-order valence-electron chi connectivity index (χ1n) is 7.21. The van der Waals surface area contributed by atoms with Crippen LogP contribution in [0.25, 0.3) is 10.1 Å². The summed E-state index contributed by atoms with van der Waals surface area (Å²) in [6, 6.07) is 4.41. The molecule has 2 N–H and O–H groups in total. The summed E-state index contributed by atoms with van der Waals surface area (Å²) >= 11 is 1.27. The Hall–Kier alpha value is -1.99. The van der Waals surface area contributed by atoms with Crippen molar-refractivity contribution in [1.29, 1.82) is 0 Å². The predicted molar refractivity (Wildman–Crippen MR) is 84.4 cm³/mol. The molecule has 0 spiro atoms. The summed E-state index contributed by atoms with van der Waals surface area (Å²) in [4.78, 5) is 24.2. The number of carbonyl (C=O) groups is 2. The molecule has 1 saturated heterocycles. The summed E-state index contributed by atoms with van der Waals surface area (Å²) in [5.74, 6) is -1.67. The molecule has 0 bridgehead atoms. The van der Waals surface area contributed by atoms with Crippen molar-refractivity contribution in [2.45, 2.75) is 25.3 Å². The number of aliphatic carboxylic acids is 1. The van der Waals surface area contributed by atoms with E-state index in [4.69, 9.17) is 9.84 Å². The zero-order chi connectivity index (χ0) is 16.6. The predicted octanol–water partition coefficient (Wildman–Crippen LogP) is 2.71. The lowest BCUT2D eigenvalue weighted by Crippen LogP contribution is -2.50. The lowest BCUT2D eigenvalue weighted by molar-refractivity contribution is -0.138. The molecule has 1 aromatic carbocycles. The standard InChI is InChI=1S/C16H16FNO4S/c1-9-11-6-10(17)2-3-12(11)23-14(9)15(21)18-16(7-13(19)20)4-5-22-8-16/h2-3,6H,4-5,7-8H2,1H3,(H,18,21)(H,19,20). The highest BCUT2D eigenvalue weighted by molar-refractivity contribution is 7.21. The van der Waals surface area contributed by atoms with E-state index in [2.05, 4.69) is 5.32 Å². The first-order valence-corrected chi connectivity index (χ1v) is 8.03. The fraction of sp³-hybridized carbons (Fsp3) is 0.375. The van der Waals surface area contributed by atoms with Crippen LogP contribution < -0.4 is 5.32 Å². The number of hydrogen-bond acceptors (Lipinski definition) is 4. The molecule has 3 rings (SSSR count). The van der Waals surface area contributed by atoms with Crippen LogP contribution in [0.5, 0.6) is 0 Å². The van der Waals surface area contributed by atoms with Gasteiger partial charge in [0.05, 0.1) is 23.4 Å². The zero-order valence-corrected chi connectivity index (χ0v) is 13.3. The number of carbonyl (C=O) groups excluding carboxylic acids is 1. The average Bonchev–Trinajstić information content (AvgIpc) is 3.04. The van der Waals surface area contributed by atoms with Crippen LogP contribution in [-0.4, -0.2) is 35.7 Å². The third-order valence-electron chi connectivity index (χ3n) is 4.08. The Kier molecular flexibility index (Phi) is 4.08. The number of amides is 1. The van der Waals surface area contributed by atoms with Gasteiger partial charge in [0.15, 0.2) is 0 Å². The monoisotopic (exact) mass is 337 g/mol. The maximum atomic E-state index is 13.4. The molecule has 0 saturated carbocycles. The van der Waals surface area contributed by atoms with Crippen molar-refractivity contribution in [3.05, 3.63) is 34.5 Å². The number of thiophene rings is 1. The molecule has 2 heterocycles. The van der Waals surface area contributed by atoms with Crippen molar-refractivity contribution in [3.63, 3.8) is 0 Å². The van der Waals surface area contributed by atoms with Gasteiger partial charge in [-0.2, -0.15) is 0 Å². The molecule has 1 fully saturated rings. The number of carboxylic acids is 1. The van der Waals surface area contributed by atoms with E-state index in [1.54, 1.807) is 13.0 Å². The van der Waals surface area contributed by atoms with E-state index < -0.39 is 11.5 Å². The molecule has 1 atom stereocenters. The van der Waals surface area contributed by atoms with E-state index >= 15 is 0 Å². The van der Waals surface area contributed by atoms with Crippen LogP contribution in [0.3, 0.4) is 0 Å². The van der Waals surface area contributed by atoms with Crippen LogP contribution in [0.15, 0.2) is 18.2 Å². The molecule has 1 aliphatic rings. The second kappa shape index (κ2) is 5.90. The Morgan fingerprint density at radius 1 is 1.48 bits per heavy atom. The minimum atomic E-state index is -0.981. The van der Waals surface area contributed by atoms with Gasteiger partial charge < -0.3 is 15.2 Å². The molecular formula is C16H16FNO4S. The Bertz CT molecular complexity index is 780. The zero-order valence-electron chi connectivity index (χ0n) is 12.5. The first-order chi connectivity index (χ1) is 10.9. The second-order valence-corrected chi connectivity index (χ2v) is 6.86. The maximum absolute atomic E-state index is 13.4. The van der Waals surface area contributed by atoms with E-state index in [0.717, 1.165) is 4.70 Å². The van der Waals surface area contributed by atoms with Crippen LogP contribution in [-0.2, 0) is 9.53 Å². The molecule has 1 unspecified atom stereocenters. The van der Waals surface area contributed by atoms with Crippen molar-refractivity contribution in [2.75, 3.05) is 13.2 Å². The van der Waals surface area contributed by atoms with Gasteiger partial charge in [0.1, 0.15) is 5.82 Å².